The van der Waals surface area contributed by atoms with Gasteiger partial charge in [0.15, 0.2) is 0 Å². The summed E-state index contributed by atoms with van der Waals surface area (Å²) in [6, 6.07) is 64.3. The largest absolute Gasteiger partial charge is 0.455 e. The molecule has 50 heavy (non-hydrogen) atoms. The quantitative estimate of drug-likeness (QED) is 0.176. The lowest BCUT2D eigenvalue weighted by molar-refractivity contribution is 0.673. The standard InChI is InChI=1S/C47H30N2O/c1-2-11-31(12-3-1)32-21-25-35(26-22-32)49(43-19-10-14-33-13-4-5-15-37(33)43)36-27-23-34(24-28-36)46-41-30-29-39-38-16-7-9-20-44(38)50-47(39)45(41)40-17-6-8-18-42(40)48-46/h1-30H. The highest BCUT2D eigenvalue weighted by Crippen LogP contribution is 2.43. The Kier molecular flexibility index (Phi) is 6.49. The maximum Gasteiger partial charge on any atom is 0.144 e. The third-order valence-corrected chi connectivity index (χ3v) is 9.85. The zero-order valence-corrected chi connectivity index (χ0v) is 27.1. The second kappa shape index (κ2) is 11.5. The molecule has 0 atom stereocenters. The van der Waals surface area contributed by atoms with Gasteiger partial charge in [0.2, 0.25) is 0 Å². The molecule has 0 spiro atoms. The smallest absolute Gasteiger partial charge is 0.144 e. The molecule has 0 fully saturated rings. The van der Waals surface area contributed by atoms with Crippen molar-refractivity contribution < 1.29 is 4.42 Å². The van der Waals surface area contributed by atoms with E-state index in [1.165, 1.54) is 21.9 Å². The molecule has 0 radical (unpaired) electrons. The number of pyridine rings is 1. The molecule has 3 heteroatoms. The van der Waals surface area contributed by atoms with Crippen LogP contribution in [0.15, 0.2) is 186 Å². The highest BCUT2D eigenvalue weighted by molar-refractivity contribution is 6.24. The lowest BCUT2D eigenvalue weighted by Gasteiger charge is -2.27. The number of aromatic nitrogens is 1. The summed E-state index contributed by atoms with van der Waals surface area (Å²) >= 11 is 0. The molecule has 10 rings (SSSR count). The fourth-order valence-corrected chi connectivity index (χ4v) is 7.47. The Morgan fingerprint density at radius 1 is 0.400 bits per heavy atom. The van der Waals surface area contributed by atoms with Crippen molar-refractivity contribution in [1.82, 2.24) is 4.98 Å². The minimum atomic E-state index is 0.895. The van der Waals surface area contributed by atoms with E-state index in [9.17, 15) is 0 Å². The van der Waals surface area contributed by atoms with Gasteiger partial charge in [-0.1, -0.05) is 133 Å². The van der Waals surface area contributed by atoms with Gasteiger partial charge in [0, 0.05) is 49.3 Å². The van der Waals surface area contributed by atoms with E-state index >= 15 is 0 Å². The van der Waals surface area contributed by atoms with E-state index in [0.717, 1.165) is 71.9 Å². The fourth-order valence-electron chi connectivity index (χ4n) is 7.47. The van der Waals surface area contributed by atoms with Crippen LogP contribution in [-0.4, -0.2) is 4.98 Å². The van der Waals surface area contributed by atoms with E-state index in [2.05, 4.69) is 175 Å². The van der Waals surface area contributed by atoms with E-state index in [0.29, 0.717) is 0 Å². The molecule has 0 saturated heterocycles. The molecular weight excluding hydrogens is 609 g/mol. The monoisotopic (exact) mass is 638 g/mol. The van der Waals surface area contributed by atoms with Crippen LogP contribution in [0.4, 0.5) is 17.1 Å². The number of rotatable bonds is 5. The number of fused-ring (bicyclic) bond motifs is 8. The van der Waals surface area contributed by atoms with Crippen LogP contribution >= 0.6 is 0 Å². The van der Waals surface area contributed by atoms with Crippen LogP contribution in [-0.2, 0) is 0 Å². The van der Waals surface area contributed by atoms with E-state index in [4.69, 9.17) is 9.40 Å². The van der Waals surface area contributed by atoms with Crippen LogP contribution in [0.2, 0.25) is 0 Å². The summed E-state index contributed by atoms with van der Waals surface area (Å²) < 4.78 is 6.55. The van der Waals surface area contributed by atoms with Gasteiger partial charge in [-0.15, -0.1) is 0 Å². The predicted octanol–water partition coefficient (Wildman–Crippen LogP) is 13.2. The highest BCUT2D eigenvalue weighted by atomic mass is 16.3. The summed E-state index contributed by atoms with van der Waals surface area (Å²) in [6.45, 7) is 0. The van der Waals surface area contributed by atoms with Crippen LogP contribution in [0.25, 0.3) is 76.8 Å². The average molecular weight is 639 g/mol. The van der Waals surface area contributed by atoms with Crippen molar-refractivity contribution in [1.29, 1.82) is 0 Å². The second-order valence-corrected chi connectivity index (χ2v) is 12.7. The van der Waals surface area contributed by atoms with Gasteiger partial charge in [-0.3, -0.25) is 0 Å². The Labute approximate surface area is 289 Å². The van der Waals surface area contributed by atoms with Crippen molar-refractivity contribution in [2.75, 3.05) is 4.90 Å². The lowest BCUT2D eigenvalue weighted by atomic mass is 9.97. The van der Waals surface area contributed by atoms with Gasteiger partial charge < -0.3 is 9.32 Å². The molecule has 0 aliphatic heterocycles. The summed E-state index contributed by atoms with van der Waals surface area (Å²) in [5.41, 5.74) is 10.4. The average Bonchev–Trinajstić information content (AvgIpc) is 3.58. The fraction of sp³-hybridized carbons (Fsp3) is 0. The number of furan rings is 1. The highest BCUT2D eigenvalue weighted by Gasteiger charge is 2.19. The van der Waals surface area contributed by atoms with Crippen LogP contribution in [0.5, 0.6) is 0 Å². The number of hydrogen-bond donors (Lipinski definition) is 0. The number of benzene rings is 8. The summed E-state index contributed by atoms with van der Waals surface area (Å²) in [4.78, 5) is 7.60. The zero-order valence-electron chi connectivity index (χ0n) is 27.1. The minimum Gasteiger partial charge on any atom is -0.455 e. The van der Waals surface area contributed by atoms with Crippen LogP contribution in [0, 0.1) is 0 Å². The number of hydrogen-bond acceptors (Lipinski definition) is 3. The van der Waals surface area contributed by atoms with E-state index in [1.807, 2.05) is 12.1 Å². The Morgan fingerprint density at radius 3 is 1.80 bits per heavy atom. The topological polar surface area (TPSA) is 29.3 Å². The Balaban J connectivity index is 1.14. The normalized spacial score (nSPS) is 11.6. The first-order valence-corrected chi connectivity index (χ1v) is 17.0. The number of nitrogens with zero attached hydrogens (tertiary/aromatic N) is 2. The SMILES string of the molecule is c1ccc(-c2ccc(N(c3ccc(-c4nc5ccccc5c5c4ccc4c6ccccc6oc45)cc3)c3cccc4ccccc34)cc2)cc1. The van der Waals surface area contributed by atoms with Crippen LogP contribution in [0.3, 0.4) is 0 Å². The molecule has 234 valence electrons. The molecule has 0 N–H and O–H groups in total. The molecule has 0 bridgehead atoms. The Bertz CT molecular complexity index is 2850. The van der Waals surface area contributed by atoms with E-state index in [1.54, 1.807) is 0 Å². The van der Waals surface area contributed by atoms with Gasteiger partial charge in [-0.2, -0.15) is 0 Å². The van der Waals surface area contributed by atoms with E-state index in [-0.39, 0.29) is 0 Å². The summed E-state index contributed by atoms with van der Waals surface area (Å²) in [7, 11) is 0. The molecule has 8 aromatic carbocycles. The molecule has 10 aromatic rings. The third-order valence-electron chi connectivity index (χ3n) is 9.85. The van der Waals surface area contributed by atoms with Crippen molar-refractivity contribution in [3.05, 3.63) is 182 Å². The van der Waals surface area contributed by atoms with Crippen LogP contribution < -0.4 is 4.90 Å². The molecule has 0 unspecified atom stereocenters. The minimum absolute atomic E-state index is 0.895. The first kappa shape index (κ1) is 28.3. The summed E-state index contributed by atoms with van der Waals surface area (Å²) in [6.07, 6.45) is 0. The van der Waals surface area contributed by atoms with Gasteiger partial charge in [-0.05, 0) is 65.0 Å². The second-order valence-electron chi connectivity index (χ2n) is 12.7. The van der Waals surface area contributed by atoms with Crippen molar-refractivity contribution in [2.45, 2.75) is 0 Å². The van der Waals surface area contributed by atoms with Gasteiger partial charge in [0.25, 0.3) is 0 Å². The first-order valence-electron chi connectivity index (χ1n) is 17.0. The Morgan fingerprint density at radius 2 is 1.00 bits per heavy atom. The summed E-state index contributed by atoms with van der Waals surface area (Å²) in [5.74, 6) is 0. The molecule has 2 aromatic heterocycles. The van der Waals surface area contributed by atoms with Gasteiger partial charge >= 0.3 is 0 Å². The summed E-state index contributed by atoms with van der Waals surface area (Å²) in [5, 5.41) is 7.91. The predicted molar refractivity (Wildman–Crippen MR) is 210 cm³/mol. The van der Waals surface area contributed by atoms with Gasteiger partial charge in [0.05, 0.1) is 16.9 Å². The van der Waals surface area contributed by atoms with Gasteiger partial charge in [-0.25, -0.2) is 4.98 Å². The van der Waals surface area contributed by atoms with Crippen molar-refractivity contribution in [2.24, 2.45) is 0 Å². The van der Waals surface area contributed by atoms with Crippen molar-refractivity contribution >= 4 is 71.4 Å². The number of para-hydroxylation sites is 2. The molecule has 2 heterocycles. The number of anilines is 3. The third kappa shape index (κ3) is 4.56. The Hall–Kier alpha value is -6.71. The van der Waals surface area contributed by atoms with Crippen LogP contribution in [0.1, 0.15) is 0 Å². The van der Waals surface area contributed by atoms with Crippen molar-refractivity contribution in [3.63, 3.8) is 0 Å². The lowest BCUT2D eigenvalue weighted by Crippen LogP contribution is -2.10. The molecule has 0 amide bonds. The maximum atomic E-state index is 6.55. The van der Waals surface area contributed by atoms with Gasteiger partial charge in [0.1, 0.15) is 11.2 Å². The van der Waals surface area contributed by atoms with E-state index < -0.39 is 0 Å². The molecule has 3 nitrogen and oxygen atoms in total. The molecule has 0 aliphatic carbocycles. The zero-order chi connectivity index (χ0) is 33.0. The molecule has 0 aliphatic rings. The molecule has 0 saturated carbocycles. The van der Waals surface area contributed by atoms with Crippen molar-refractivity contribution in [3.8, 4) is 22.4 Å². The first-order chi connectivity index (χ1) is 24.8. The molecular formula is C47H30N2O. The maximum absolute atomic E-state index is 6.55.